The van der Waals surface area contributed by atoms with E-state index in [0.29, 0.717) is 11.5 Å². The minimum Gasteiger partial charge on any atom is -0.508 e. The van der Waals surface area contributed by atoms with Gasteiger partial charge >= 0.3 is 11.9 Å². The highest BCUT2D eigenvalue weighted by molar-refractivity contribution is 5.83. The third-order valence-corrected chi connectivity index (χ3v) is 11.1. The Morgan fingerprint density at radius 3 is 1.16 bits per heavy atom. The monoisotopic (exact) mass is 785 g/mol. The van der Waals surface area contributed by atoms with Crippen molar-refractivity contribution in [3.8, 4) is 11.5 Å². The molecule has 0 spiro atoms. The molecule has 0 saturated heterocycles. The minimum atomic E-state index is -0.631. The van der Waals surface area contributed by atoms with Gasteiger partial charge in [0, 0.05) is 0 Å². The highest BCUT2D eigenvalue weighted by Gasteiger charge is 2.34. The largest absolute Gasteiger partial charge is 0.508 e. The van der Waals surface area contributed by atoms with E-state index < -0.39 is 11.0 Å². The van der Waals surface area contributed by atoms with Crippen LogP contribution >= 0.6 is 0 Å². The molecule has 0 saturated carbocycles. The number of benzene rings is 4. The van der Waals surface area contributed by atoms with Crippen LogP contribution in [0.3, 0.4) is 0 Å². The molecular formula is C51H76O6. The zero-order valence-corrected chi connectivity index (χ0v) is 38.5. The van der Waals surface area contributed by atoms with Gasteiger partial charge in [-0.2, -0.15) is 0 Å². The Bertz CT molecular complexity index is 1760. The molecule has 0 aromatic heterocycles. The van der Waals surface area contributed by atoms with Crippen molar-refractivity contribution in [1.82, 2.24) is 0 Å². The number of hydrogen-bond acceptors (Lipinski definition) is 6. The molecule has 0 atom stereocenters. The van der Waals surface area contributed by atoms with Gasteiger partial charge in [0.1, 0.15) is 22.7 Å². The zero-order chi connectivity index (χ0) is 44.0. The number of carbonyl (C=O) groups excluding carboxylic acids is 2. The van der Waals surface area contributed by atoms with Crippen molar-refractivity contribution in [2.45, 2.75) is 165 Å². The predicted octanol–water partition coefficient (Wildman–Crippen LogP) is 14.0. The number of fused-ring (bicyclic) bond motifs is 1. The molecule has 316 valence electrons. The van der Waals surface area contributed by atoms with Crippen molar-refractivity contribution < 1.29 is 29.3 Å². The molecule has 2 N–H and O–H groups in total. The molecule has 0 amide bonds. The van der Waals surface area contributed by atoms with Gasteiger partial charge in [-0.05, 0) is 157 Å². The van der Waals surface area contributed by atoms with Crippen molar-refractivity contribution in [2.75, 3.05) is 0 Å². The first-order chi connectivity index (χ1) is 26.1. The molecule has 0 aliphatic carbocycles. The highest BCUT2D eigenvalue weighted by atomic mass is 16.6. The summed E-state index contributed by atoms with van der Waals surface area (Å²) in [4.78, 5) is 23.8. The van der Waals surface area contributed by atoms with Crippen LogP contribution < -0.4 is 0 Å². The predicted molar refractivity (Wildman–Crippen MR) is 240 cm³/mol. The maximum absolute atomic E-state index is 12.3. The fraction of sp³-hybridized carbons (Fsp3) is 0.529. The second-order valence-electron chi connectivity index (χ2n) is 19.0. The second-order valence-corrected chi connectivity index (χ2v) is 19.0. The van der Waals surface area contributed by atoms with Crippen LogP contribution in [0.25, 0.3) is 10.8 Å². The Hall–Kier alpha value is -4.32. The van der Waals surface area contributed by atoms with Gasteiger partial charge in [0.15, 0.2) is 0 Å². The standard InChI is InChI=1S/C19H24O2.2C11H16O.C10H20O2/c1-6-18(2,3)17(20)21-19(4,5)16-12-11-14-9-7-8-10-15(14)13-16;2*1-4-11(2,3)9-5-7-10(12)8-6-9;1-7-10(5,6)8(11)12-9(2,3)4/h7-13H,6H2,1-5H3;2*5-8,12H,4H2,1-3H3;7H2,1-6H3. The van der Waals surface area contributed by atoms with E-state index in [9.17, 15) is 9.59 Å². The van der Waals surface area contributed by atoms with Crippen LogP contribution in [0.2, 0.25) is 0 Å². The lowest BCUT2D eigenvalue weighted by Gasteiger charge is -2.31. The third kappa shape index (κ3) is 16.6. The van der Waals surface area contributed by atoms with Gasteiger partial charge in [0.25, 0.3) is 0 Å². The average Bonchev–Trinajstić information content (AvgIpc) is 3.15. The molecule has 6 nitrogen and oxygen atoms in total. The van der Waals surface area contributed by atoms with Gasteiger partial charge in [-0.15, -0.1) is 0 Å². The Balaban J connectivity index is 0.000000396. The van der Waals surface area contributed by atoms with Crippen molar-refractivity contribution in [2.24, 2.45) is 10.8 Å². The SMILES string of the molecule is CCC(C)(C)C(=O)OC(C)(C)C.CCC(C)(C)C(=O)OC(C)(C)c1ccc2ccccc2c1.CCC(C)(C)c1ccc(O)cc1.CCC(C)(C)c1ccc(O)cc1. The number of esters is 2. The summed E-state index contributed by atoms with van der Waals surface area (Å²) < 4.78 is 11.0. The molecule has 0 bridgehead atoms. The number of hydrogen-bond donors (Lipinski definition) is 2. The summed E-state index contributed by atoms with van der Waals surface area (Å²) in [5, 5.41) is 20.5. The van der Waals surface area contributed by atoms with Crippen LogP contribution in [0.15, 0.2) is 91.0 Å². The summed E-state index contributed by atoms with van der Waals surface area (Å²) in [6, 6.07) is 29.3. The molecule has 0 aliphatic heterocycles. The maximum Gasteiger partial charge on any atom is 0.312 e. The number of ether oxygens (including phenoxy) is 2. The lowest BCUT2D eigenvalue weighted by molar-refractivity contribution is -0.168. The van der Waals surface area contributed by atoms with E-state index in [0.717, 1.165) is 36.6 Å². The summed E-state index contributed by atoms with van der Waals surface area (Å²) >= 11 is 0. The molecule has 4 aromatic rings. The second kappa shape index (κ2) is 20.9. The van der Waals surface area contributed by atoms with E-state index in [1.807, 2.05) is 119 Å². The van der Waals surface area contributed by atoms with E-state index in [-0.39, 0.29) is 33.8 Å². The number of phenols is 2. The van der Waals surface area contributed by atoms with Crippen molar-refractivity contribution in [3.05, 3.63) is 108 Å². The van der Waals surface area contributed by atoms with Crippen LogP contribution in [-0.4, -0.2) is 27.8 Å². The normalized spacial score (nSPS) is 12.2. The van der Waals surface area contributed by atoms with Crippen LogP contribution in [0.4, 0.5) is 0 Å². The Labute approximate surface area is 346 Å². The molecule has 57 heavy (non-hydrogen) atoms. The molecule has 0 heterocycles. The summed E-state index contributed by atoms with van der Waals surface area (Å²) in [7, 11) is 0. The fourth-order valence-corrected chi connectivity index (χ4v) is 4.93. The molecule has 0 aliphatic rings. The van der Waals surface area contributed by atoms with Gasteiger partial charge in [-0.1, -0.05) is 116 Å². The van der Waals surface area contributed by atoms with Gasteiger partial charge in [0.2, 0.25) is 0 Å². The molecule has 0 unspecified atom stereocenters. The Morgan fingerprint density at radius 2 is 0.807 bits per heavy atom. The van der Waals surface area contributed by atoms with E-state index in [1.54, 1.807) is 24.3 Å². The van der Waals surface area contributed by atoms with Crippen LogP contribution in [-0.2, 0) is 35.5 Å². The number of phenolic OH excluding ortho intramolecular Hbond substituents is 2. The third-order valence-electron chi connectivity index (χ3n) is 11.1. The minimum absolute atomic E-state index is 0.113. The lowest BCUT2D eigenvalue weighted by atomic mass is 9.82. The molecular weight excluding hydrogens is 709 g/mol. The smallest absolute Gasteiger partial charge is 0.312 e. The van der Waals surface area contributed by atoms with Gasteiger partial charge in [0.05, 0.1) is 10.8 Å². The summed E-state index contributed by atoms with van der Waals surface area (Å²) in [6.45, 7) is 34.4. The van der Waals surface area contributed by atoms with E-state index >= 15 is 0 Å². The van der Waals surface area contributed by atoms with Gasteiger partial charge in [-0.25, -0.2) is 0 Å². The fourth-order valence-electron chi connectivity index (χ4n) is 4.93. The Kier molecular flexibility index (Phi) is 18.6. The topological polar surface area (TPSA) is 93.1 Å². The highest BCUT2D eigenvalue weighted by Crippen LogP contribution is 2.33. The van der Waals surface area contributed by atoms with Crippen LogP contribution in [0.5, 0.6) is 11.5 Å². The molecule has 4 rings (SSSR count). The lowest BCUT2D eigenvalue weighted by Crippen LogP contribution is -2.33. The summed E-state index contributed by atoms with van der Waals surface area (Å²) in [6.07, 6.45) is 3.79. The van der Waals surface area contributed by atoms with Crippen molar-refractivity contribution in [3.63, 3.8) is 0 Å². The average molecular weight is 785 g/mol. The molecule has 0 fully saturated rings. The maximum atomic E-state index is 12.3. The van der Waals surface area contributed by atoms with E-state index in [1.165, 1.54) is 16.5 Å². The first-order valence-electron chi connectivity index (χ1n) is 20.6. The first kappa shape index (κ1) is 50.7. The molecule has 6 heteroatoms. The van der Waals surface area contributed by atoms with E-state index in [2.05, 4.69) is 65.8 Å². The number of rotatable bonds is 10. The van der Waals surface area contributed by atoms with E-state index in [4.69, 9.17) is 19.7 Å². The van der Waals surface area contributed by atoms with Gasteiger partial charge < -0.3 is 19.7 Å². The summed E-state index contributed by atoms with van der Waals surface area (Å²) in [5.41, 5.74) is 2.20. The van der Waals surface area contributed by atoms with Crippen LogP contribution in [0, 0.1) is 10.8 Å². The zero-order valence-electron chi connectivity index (χ0n) is 38.5. The molecule has 4 aromatic carbocycles. The quantitative estimate of drug-likeness (QED) is 0.156. The number of carbonyl (C=O) groups is 2. The number of aromatic hydroxyl groups is 2. The van der Waals surface area contributed by atoms with Gasteiger partial charge in [-0.3, -0.25) is 9.59 Å². The van der Waals surface area contributed by atoms with Crippen molar-refractivity contribution in [1.29, 1.82) is 0 Å². The Morgan fingerprint density at radius 1 is 0.456 bits per heavy atom. The van der Waals surface area contributed by atoms with Crippen molar-refractivity contribution >= 4 is 22.7 Å². The first-order valence-corrected chi connectivity index (χ1v) is 20.6. The summed E-state index contributed by atoms with van der Waals surface area (Å²) in [5.74, 6) is 0.414. The van der Waals surface area contributed by atoms with Crippen LogP contribution in [0.1, 0.15) is 160 Å². The molecule has 0 radical (unpaired) electrons.